The van der Waals surface area contributed by atoms with Gasteiger partial charge in [0.1, 0.15) is 10.7 Å². The van der Waals surface area contributed by atoms with Gasteiger partial charge < -0.3 is 4.90 Å². The first-order valence-electron chi connectivity index (χ1n) is 7.53. The number of aromatic nitrogens is 2. The molecule has 2 aromatic rings. The maximum Gasteiger partial charge on any atom is 0.433 e. The molecule has 2 heterocycles. The van der Waals surface area contributed by atoms with Crippen LogP contribution in [0.3, 0.4) is 0 Å². The Bertz CT molecular complexity index is 620. The van der Waals surface area contributed by atoms with Gasteiger partial charge in [-0.15, -0.1) is 11.3 Å². The van der Waals surface area contributed by atoms with E-state index in [-0.39, 0.29) is 0 Å². The molecule has 0 aromatic carbocycles. The lowest BCUT2D eigenvalue weighted by atomic mass is 10.2. The van der Waals surface area contributed by atoms with E-state index in [0.29, 0.717) is 16.6 Å². The molecule has 0 aliphatic carbocycles. The summed E-state index contributed by atoms with van der Waals surface area (Å²) in [7, 11) is 0. The summed E-state index contributed by atoms with van der Waals surface area (Å²) < 4.78 is 37.6. The van der Waals surface area contributed by atoms with Gasteiger partial charge in [-0.3, -0.25) is 4.98 Å². The topological polar surface area (TPSA) is 29.0 Å². The molecule has 0 spiro atoms. The molecule has 7 heteroatoms. The van der Waals surface area contributed by atoms with Crippen molar-refractivity contribution < 1.29 is 13.2 Å². The quantitative estimate of drug-likeness (QED) is 0.773. The largest absolute Gasteiger partial charge is 0.433 e. The van der Waals surface area contributed by atoms with Gasteiger partial charge in [0, 0.05) is 35.4 Å². The second-order valence-corrected chi connectivity index (χ2v) is 6.65. The van der Waals surface area contributed by atoms with Gasteiger partial charge in [-0.2, -0.15) is 13.2 Å². The van der Waals surface area contributed by atoms with Crippen LogP contribution in [-0.4, -0.2) is 34.0 Å². The van der Waals surface area contributed by atoms with Crippen molar-refractivity contribution in [1.82, 2.24) is 14.9 Å². The highest BCUT2D eigenvalue weighted by Gasteiger charge is 2.32. The van der Waals surface area contributed by atoms with Crippen LogP contribution in [0, 0.1) is 0 Å². The number of pyridine rings is 1. The van der Waals surface area contributed by atoms with Gasteiger partial charge in [-0.25, -0.2) is 4.98 Å². The van der Waals surface area contributed by atoms with Gasteiger partial charge >= 0.3 is 6.18 Å². The summed E-state index contributed by atoms with van der Waals surface area (Å²) in [6.45, 7) is 8.39. The summed E-state index contributed by atoms with van der Waals surface area (Å²) >= 11 is 1.50. The van der Waals surface area contributed by atoms with Gasteiger partial charge in [-0.1, -0.05) is 6.92 Å². The van der Waals surface area contributed by atoms with Gasteiger partial charge in [-0.05, 0) is 38.9 Å². The fraction of sp³-hybridized carbons (Fsp3) is 0.500. The van der Waals surface area contributed by atoms with E-state index in [2.05, 4.69) is 35.6 Å². The molecule has 0 N–H and O–H groups in total. The van der Waals surface area contributed by atoms with Gasteiger partial charge in [0.05, 0.1) is 0 Å². The lowest BCUT2D eigenvalue weighted by Crippen LogP contribution is -2.32. The Hall–Kier alpha value is -1.47. The Labute approximate surface area is 138 Å². The van der Waals surface area contributed by atoms with Crippen LogP contribution in [0.1, 0.15) is 31.3 Å². The van der Waals surface area contributed by atoms with Gasteiger partial charge in [0.25, 0.3) is 0 Å². The third kappa shape index (κ3) is 4.75. The zero-order valence-electron chi connectivity index (χ0n) is 13.4. The molecule has 0 amide bonds. The van der Waals surface area contributed by atoms with Crippen molar-refractivity contribution in [2.24, 2.45) is 0 Å². The fourth-order valence-electron chi connectivity index (χ4n) is 2.28. The first kappa shape index (κ1) is 17.9. The predicted octanol–water partition coefficient (Wildman–Crippen LogP) is 4.50. The molecule has 0 saturated carbocycles. The lowest BCUT2D eigenvalue weighted by Gasteiger charge is -2.24. The van der Waals surface area contributed by atoms with Crippen molar-refractivity contribution in [3.05, 3.63) is 35.1 Å². The summed E-state index contributed by atoms with van der Waals surface area (Å²) in [5.74, 6) is 0. The monoisotopic (exact) mass is 343 g/mol. The van der Waals surface area contributed by atoms with E-state index < -0.39 is 11.9 Å². The molecule has 0 aliphatic rings. The van der Waals surface area contributed by atoms with Crippen LogP contribution in [0.5, 0.6) is 0 Å². The third-order valence-corrected chi connectivity index (χ3v) is 4.74. The Morgan fingerprint density at radius 1 is 1.17 bits per heavy atom. The van der Waals surface area contributed by atoms with E-state index >= 15 is 0 Å². The molecule has 0 bridgehead atoms. The molecule has 0 unspecified atom stereocenters. The standard InChI is InChI=1S/C16H20F3N3S/c1-4-22(11(2)3)8-7-13-10-21-15(23-13)12-5-6-14(20-9-12)16(17,18)19/h5-6,9-11H,4,7-8H2,1-3H3. The van der Waals surface area contributed by atoms with E-state index in [1.165, 1.54) is 23.6 Å². The number of hydrogen-bond acceptors (Lipinski definition) is 4. The van der Waals surface area contributed by atoms with Gasteiger partial charge in [0.2, 0.25) is 0 Å². The zero-order valence-corrected chi connectivity index (χ0v) is 14.2. The summed E-state index contributed by atoms with van der Waals surface area (Å²) in [4.78, 5) is 11.3. The Morgan fingerprint density at radius 3 is 2.43 bits per heavy atom. The highest BCUT2D eigenvalue weighted by molar-refractivity contribution is 7.15. The Balaban J connectivity index is 2.04. The minimum Gasteiger partial charge on any atom is -0.301 e. The summed E-state index contributed by atoms with van der Waals surface area (Å²) in [5.41, 5.74) is -0.265. The lowest BCUT2D eigenvalue weighted by molar-refractivity contribution is -0.141. The second-order valence-electron chi connectivity index (χ2n) is 5.53. The Morgan fingerprint density at radius 2 is 1.91 bits per heavy atom. The van der Waals surface area contributed by atoms with Crippen LogP contribution in [0.4, 0.5) is 13.2 Å². The maximum atomic E-state index is 12.5. The predicted molar refractivity (Wildman–Crippen MR) is 86.4 cm³/mol. The molecular formula is C16H20F3N3S. The molecule has 0 atom stereocenters. The van der Waals surface area contributed by atoms with Crippen molar-refractivity contribution >= 4 is 11.3 Å². The van der Waals surface area contributed by atoms with Crippen LogP contribution in [0.15, 0.2) is 24.5 Å². The maximum absolute atomic E-state index is 12.5. The molecule has 0 aliphatic heterocycles. The average molecular weight is 343 g/mol. The SMILES string of the molecule is CCN(CCc1cnc(-c2ccc(C(F)(F)F)nc2)s1)C(C)C. The molecule has 23 heavy (non-hydrogen) atoms. The molecule has 2 aromatic heterocycles. The van der Waals surface area contributed by atoms with Crippen molar-refractivity contribution in [3.63, 3.8) is 0 Å². The van der Waals surface area contributed by atoms with Crippen molar-refractivity contribution in [2.45, 2.75) is 39.4 Å². The summed E-state index contributed by atoms with van der Waals surface area (Å²) in [6, 6.07) is 2.91. The third-order valence-electron chi connectivity index (χ3n) is 3.64. The first-order chi connectivity index (χ1) is 10.8. The number of nitrogens with zero attached hydrogens (tertiary/aromatic N) is 3. The fourth-order valence-corrected chi connectivity index (χ4v) is 3.17. The Kier molecular flexibility index (Phi) is 5.75. The van der Waals surface area contributed by atoms with E-state index in [1.807, 2.05) is 0 Å². The summed E-state index contributed by atoms with van der Waals surface area (Å²) in [6.07, 6.45) is -0.492. The van der Waals surface area contributed by atoms with Crippen LogP contribution >= 0.6 is 11.3 Å². The van der Waals surface area contributed by atoms with Crippen molar-refractivity contribution in [1.29, 1.82) is 0 Å². The summed E-state index contributed by atoms with van der Waals surface area (Å²) in [5, 5.41) is 0.703. The number of alkyl halides is 3. The zero-order chi connectivity index (χ0) is 17.0. The van der Waals surface area contributed by atoms with E-state index in [0.717, 1.165) is 30.5 Å². The van der Waals surface area contributed by atoms with Crippen molar-refractivity contribution in [3.8, 4) is 10.6 Å². The molecule has 0 fully saturated rings. The highest BCUT2D eigenvalue weighted by Crippen LogP contribution is 2.30. The van der Waals surface area contributed by atoms with E-state index in [9.17, 15) is 13.2 Å². The number of hydrogen-bond donors (Lipinski definition) is 0. The minimum absolute atomic E-state index is 0.492. The second kappa shape index (κ2) is 7.40. The minimum atomic E-state index is -4.41. The molecule has 126 valence electrons. The average Bonchev–Trinajstić information content (AvgIpc) is 2.96. The molecule has 0 radical (unpaired) electrons. The van der Waals surface area contributed by atoms with E-state index in [1.54, 1.807) is 6.20 Å². The molecule has 0 saturated heterocycles. The molecule has 3 nitrogen and oxygen atoms in total. The van der Waals surface area contributed by atoms with Crippen LogP contribution in [0.25, 0.3) is 10.6 Å². The van der Waals surface area contributed by atoms with Crippen LogP contribution in [0.2, 0.25) is 0 Å². The van der Waals surface area contributed by atoms with Crippen LogP contribution < -0.4 is 0 Å². The van der Waals surface area contributed by atoms with Gasteiger partial charge in [0.15, 0.2) is 0 Å². The normalized spacial score (nSPS) is 12.3. The highest BCUT2D eigenvalue weighted by atomic mass is 32.1. The number of thiazole rings is 1. The van der Waals surface area contributed by atoms with E-state index in [4.69, 9.17) is 0 Å². The van der Waals surface area contributed by atoms with Crippen LogP contribution in [-0.2, 0) is 12.6 Å². The number of halogens is 3. The number of rotatable bonds is 6. The first-order valence-corrected chi connectivity index (χ1v) is 8.35. The number of likely N-dealkylation sites (N-methyl/N-ethyl adjacent to an activating group) is 1. The smallest absolute Gasteiger partial charge is 0.301 e. The molecular weight excluding hydrogens is 323 g/mol. The molecule has 2 rings (SSSR count). The van der Waals surface area contributed by atoms with Crippen molar-refractivity contribution in [2.75, 3.05) is 13.1 Å².